The van der Waals surface area contributed by atoms with Crippen molar-refractivity contribution in [3.63, 3.8) is 0 Å². The van der Waals surface area contributed by atoms with Gasteiger partial charge < -0.3 is 18.9 Å². The van der Waals surface area contributed by atoms with Gasteiger partial charge in [0.05, 0.1) is 13.2 Å². The summed E-state index contributed by atoms with van der Waals surface area (Å²) < 4.78 is 25.3. The molecule has 0 saturated heterocycles. The molecule has 0 aliphatic rings. The highest BCUT2D eigenvalue weighted by Gasteiger charge is 2.20. The molecule has 12 rings (SSSR count). The molecule has 6 nitrogen and oxygen atoms in total. The van der Waals surface area contributed by atoms with Crippen molar-refractivity contribution < 1.29 is 28.5 Å². The molecular formula is C66H54O6. The number of fused-ring (bicyclic) bond motifs is 2. The Kier molecular flexibility index (Phi) is 12.6. The second-order valence-electron chi connectivity index (χ2n) is 19.0. The Labute approximate surface area is 418 Å². The first kappa shape index (κ1) is 45.3. The van der Waals surface area contributed by atoms with Crippen LogP contribution in [0, 0.1) is 0 Å². The monoisotopic (exact) mass is 942 g/mol. The first-order valence-corrected chi connectivity index (χ1v) is 25.3. The maximum absolute atomic E-state index is 13.3. The molecule has 6 heteroatoms. The van der Waals surface area contributed by atoms with Crippen LogP contribution in [0.2, 0.25) is 0 Å². The first-order valence-electron chi connectivity index (χ1n) is 25.3. The van der Waals surface area contributed by atoms with Gasteiger partial charge in [-0.3, -0.25) is 9.59 Å². The van der Waals surface area contributed by atoms with Crippen molar-refractivity contribution in [3.8, 4) is 22.6 Å². The van der Waals surface area contributed by atoms with Gasteiger partial charge in [-0.15, -0.1) is 0 Å². The molecule has 0 bridgehead atoms. The zero-order valence-electron chi connectivity index (χ0n) is 40.3. The number of ether oxygens (including phenoxy) is 4. The van der Waals surface area contributed by atoms with Crippen LogP contribution in [0.15, 0.2) is 182 Å². The third-order valence-electron chi connectivity index (χ3n) is 14.5. The van der Waals surface area contributed by atoms with Gasteiger partial charge in [-0.2, -0.15) is 0 Å². The van der Waals surface area contributed by atoms with Crippen LogP contribution >= 0.6 is 0 Å². The fourth-order valence-electron chi connectivity index (χ4n) is 11.1. The smallest absolute Gasteiger partial charge is 0.137 e. The molecule has 0 heterocycles. The number of hydrogen-bond donors (Lipinski definition) is 0. The third-order valence-corrected chi connectivity index (χ3v) is 14.5. The van der Waals surface area contributed by atoms with Gasteiger partial charge in [0.15, 0.2) is 0 Å². The van der Waals surface area contributed by atoms with Crippen molar-refractivity contribution in [3.05, 3.63) is 193 Å². The van der Waals surface area contributed by atoms with Crippen LogP contribution in [0.1, 0.15) is 36.8 Å². The van der Waals surface area contributed by atoms with Gasteiger partial charge in [0.25, 0.3) is 0 Å². The summed E-state index contributed by atoms with van der Waals surface area (Å²) in [7, 11) is 0. The molecule has 0 aliphatic carbocycles. The Morgan fingerprint density at radius 2 is 0.667 bits per heavy atom. The molecule has 0 fully saturated rings. The van der Waals surface area contributed by atoms with Crippen molar-refractivity contribution in [1.82, 2.24) is 0 Å². The summed E-state index contributed by atoms with van der Waals surface area (Å²) in [6.07, 6.45) is 3.01. The summed E-state index contributed by atoms with van der Waals surface area (Å²) in [5, 5.41) is 19.0. The Bertz CT molecular complexity index is 3660. The molecule has 12 aromatic carbocycles. The summed E-state index contributed by atoms with van der Waals surface area (Å²) in [5.74, 6) is 1.91. The van der Waals surface area contributed by atoms with Gasteiger partial charge in [0.2, 0.25) is 0 Å². The minimum absolute atomic E-state index is 0.213. The number of carbonyl (C=O) groups excluding carboxylic acids is 2. The topological polar surface area (TPSA) is 71.1 Å². The molecule has 0 aromatic heterocycles. The van der Waals surface area contributed by atoms with Crippen LogP contribution < -0.4 is 9.47 Å². The lowest BCUT2D eigenvalue weighted by molar-refractivity contribution is -0.119. The van der Waals surface area contributed by atoms with Gasteiger partial charge in [0, 0.05) is 50.0 Å². The van der Waals surface area contributed by atoms with Crippen LogP contribution in [0.3, 0.4) is 0 Å². The minimum atomic E-state index is 0.213. The Morgan fingerprint density at radius 3 is 1.11 bits per heavy atom. The summed E-state index contributed by atoms with van der Waals surface area (Å²) in [6, 6.07) is 63.7. The standard InChI is InChI=1S/C66H54O6/c67-53(41-51-25-23-49-21-19-45-11-5-13-47-27-31-57(51)63(49)61(45)47)15-7-35-69-37-39-71-59-33-29-43-9-1-3-17-55(43)65(59)66-56-18-4-2-10-44(56)30-34-60(66)72-40-38-70-36-8-16-54(68)42-52-26-24-50-22-20-46-12-6-14-48-28-32-58(52)64(50)62(46)48/h1-6,9-14,17-34H,7-8,15-16,35-42H2. The summed E-state index contributed by atoms with van der Waals surface area (Å²) in [5.41, 5.74) is 4.07. The molecule has 0 spiro atoms. The van der Waals surface area contributed by atoms with Gasteiger partial charge in [-0.1, -0.05) is 170 Å². The SMILES string of the molecule is O=C(CCCOCCOc1ccc2ccccc2c1-c1c(OCCOCCCC(=O)Cc2ccc3ccc4cccc5ccc2c3c45)ccc2ccccc12)Cc1ccc2ccc3cccc4ccc1c2c34. The number of rotatable bonds is 21. The molecule has 0 amide bonds. The highest BCUT2D eigenvalue weighted by molar-refractivity contribution is 6.25. The minimum Gasteiger partial charge on any atom is -0.491 e. The maximum Gasteiger partial charge on any atom is 0.137 e. The Morgan fingerprint density at radius 1 is 0.306 bits per heavy atom. The normalized spacial score (nSPS) is 11.9. The van der Waals surface area contributed by atoms with Gasteiger partial charge in [-0.25, -0.2) is 0 Å². The number of benzene rings is 12. The van der Waals surface area contributed by atoms with E-state index in [0.717, 1.165) is 66.1 Å². The highest BCUT2D eigenvalue weighted by atomic mass is 16.5. The van der Waals surface area contributed by atoms with Crippen LogP contribution in [0.4, 0.5) is 0 Å². The molecule has 0 aliphatic heterocycles. The van der Waals surface area contributed by atoms with Crippen molar-refractivity contribution in [1.29, 1.82) is 0 Å². The van der Waals surface area contributed by atoms with Crippen LogP contribution in [-0.4, -0.2) is 51.2 Å². The largest absolute Gasteiger partial charge is 0.491 e. The number of carbonyl (C=O) groups is 2. The first-order chi connectivity index (χ1) is 35.6. The second kappa shape index (κ2) is 20.1. The molecule has 0 saturated carbocycles. The molecule has 0 atom stereocenters. The van der Waals surface area contributed by atoms with E-state index >= 15 is 0 Å². The molecule has 72 heavy (non-hydrogen) atoms. The lowest BCUT2D eigenvalue weighted by atomic mass is 9.90. The third kappa shape index (κ3) is 8.82. The van der Waals surface area contributed by atoms with E-state index in [9.17, 15) is 9.59 Å². The van der Waals surface area contributed by atoms with E-state index in [1.165, 1.54) is 53.9 Å². The second-order valence-corrected chi connectivity index (χ2v) is 19.0. The number of ketones is 2. The molecule has 12 aromatic rings. The fourth-order valence-corrected chi connectivity index (χ4v) is 11.1. The van der Waals surface area contributed by atoms with E-state index in [0.29, 0.717) is 78.2 Å². The average molecular weight is 943 g/mol. The summed E-state index contributed by atoms with van der Waals surface area (Å²) >= 11 is 0. The predicted octanol–water partition coefficient (Wildman–Crippen LogP) is 15.4. The highest BCUT2D eigenvalue weighted by Crippen LogP contribution is 2.46. The van der Waals surface area contributed by atoms with E-state index in [2.05, 4.69) is 170 Å². The van der Waals surface area contributed by atoms with Crippen molar-refractivity contribution >= 4 is 97.7 Å². The van der Waals surface area contributed by atoms with E-state index in [4.69, 9.17) is 18.9 Å². The summed E-state index contributed by atoms with van der Waals surface area (Å²) in [6.45, 7) is 2.41. The Hall–Kier alpha value is -7.90. The van der Waals surface area contributed by atoms with E-state index < -0.39 is 0 Å². The zero-order valence-corrected chi connectivity index (χ0v) is 40.3. The van der Waals surface area contributed by atoms with Crippen LogP contribution in [-0.2, 0) is 31.9 Å². The molecule has 0 radical (unpaired) electrons. The van der Waals surface area contributed by atoms with Crippen molar-refractivity contribution in [2.45, 2.75) is 38.5 Å². The summed E-state index contributed by atoms with van der Waals surface area (Å²) in [4.78, 5) is 26.6. The number of Topliss-reactive ketones (excluding diaryl/α,β-unsaturated/α-hetero) is 2. The molecular weight excluding hydrogens is 889 g/mol. The molecule has 0 N–H and O–H groups in total. The van der Waals surface area contributed by atoms with Crippen molar-refractivity contribution in [2.75, 3.05) is 39.6 Å². The van der Waals surface area contributed by atoms with E-state index in [1.807, 2.05) is 12.1 Å². The maximum atomic E-state index is 13.3. The molecule has 0 unspecified atom stereocenters. The van der Waals surface area contributed by atoms with Crippen LogP contribution in [0.25, 0.3) is 97.3 Å². The van der Waals surface area contributed by atoms with Gasteiger partial charge in [-0.05, 0) is 122 Å². The number of hydrogen-bond acceptors (Lipinski definition) is 6. The lowest BCUT2D eigenvalue weighted by Gasteiger charge is -2.20. The molecule has 354 valence electrons. The zero-order chi connectivity index (χ0) is 48.4. The van der Waals surface area contributed by atoms with Crippen LogP contribution in [0.5, 0.6) is 11.5 Å². The lowest BCUT2D eigenvalue weighted by Crippen LogP contribution is -2.11. The van der Waals surface area contributed by atoms with E-state index in [-0.39, 0.29) is 11.6 Å². The fraction of sp³-hybridized carbons (Fsp3) is 0.182. The Balaban J connectivity index is 0.656. The quantitative estimate of drug-likeness (QED) is 0.0528. The average Bonchev–Trinajstić information content (AvgIpc) is 3.41. The van der Waals surface area contributed by atoms with Gasteiger partial charge >= 0.3 is 0 Å². The van der Waals surface area contributed by atoms with Crippen molar-refractivity contribution in [2.24, 2.45) is 0 Å². The van der Waals surface area contributed by atoms with Gasteiger partial charge in [0.1, 0.15) is 36.3 Å². The van der Waals surface area contributed by atoms with E-state index in [1.54, 1.807) is 0 Å². The predicted molar refractivity (Wildman–Crippen MR) is 296 cm³/mol.